The van der Waals surface area contributed by atoms with E-state index < -0.39 is 27.5 Å². The van der Waals surface area contributed by atoms with E-state index in [0.29, 0.717) is 0 Å². The highest BCUT2D eigenvalue weighted by molar-refractivity contribution is 7.90. The highest BCUT2D eigenvalue weighted by Gasteiger charge is 2.43. The number of nitrogens with two attached hydrogens (primary N) is 1. The lowest BCUT2D eigenvalue weighted by Crippen LogP contribution is -2.52. The van der Waals surface area contributed by atoms with Gasteiger partial charge in [-0.1, -0.05) is 49.2 Å². The van der Waals surface area contributed by atoms with Gasteiger partial charge in [-0.05, 0) is 62.8 Å². The zero-order valence-electron chi connectivity index (χ0n) is 16.3. The smallest absolute Gasteiger partial charge is 0.146 e. The van der Waals surface area contributed by atoms with Crippen LogP contribution in [0.5, 0.6) is 0 Å². The summed E-state index contributed by atoms with van der Waals surface area (Å²) in [5.74, 6) is 0.288. The van der Waals surface area contributed by atoms with E-state index in [4.69, 9.17) is 5.73 Å². The molecule has 3 nitrogen and oxygen atoms in total. The summed E-state index contributed by atoms with van der Waals surface area (Å²) in [5, 5.41) is 0. The lowest BCUT2D eigenvalue weighted by molar-refractivity contribution is 0.401. The second-order valence-electron chi connectivity index (χ2n) is 8.47. The average molecular weight is 389 g/mol. The molecule has 2 aromatic carbocycles. The average Bonchev–Trinajstić information content (AvgIpc) is 3.45. The number of benzene rings is 2. The highest BCUT2D eigenvalue weighted by atomic mass is 32.2. The summed E-state index contributed by atoms with van der Waals surface area (Å²) in [7, 11) is 0. The lowest BCUT2D eigenvalue weighted by atomic mass is 9.79. The Morgan fingerprint density at radius 2 is 1.78 bits per heavy atom. The van der Waals surface area contributed by atoms with Crippen LogP contribution in [0, 0.1) is 11.7 Å². The van der Waals surface area contributed by atoms with Crippen LogP contribution in [0.4, 0.5) is 10.1 Å². The fourth-order valence-corrected chi connectivity index (χ4v) is 4.26. The largest absolute Gasteiger partial charge is 0.598 e. The number of hydrogen-bond donors (Lipinski definition) is 2. The van der Waals surface area contributed by atoms with Crippen LogP contribution in [0.25, 0.3) is 0 Å². The van der Waals surface area contributed by atoms with E-state index in [9.17, 15) is 8.94 Å². The summed E-state index contributed by atoms with van der Waals surface area (Å²) in [6, 6.07) is 14.9. The van der Waals surface area contributed by atoms with E-state index in [1.165, 1.54) is 18.9 Å². The van der Waals surface area contributed by atoms with Gasteiger partial charge in [-0.15, -0.1) is 4.72 Å². The van der Waals surface area contributed by atoms with Crippen molar-refractivity contribution in [2.75, 3.05) is 5.73 Å². The Morgan fingerprint density at radius 3 is 2.33 bits per heavy atom. The van der Waals surface area contributed by atoms with Crippen LogP contribution in [0.1, 0.15) is 57.6 Å². The Bertz CT molecular complexity index is 774. The van der Waals surface area contributed by atoms with Crippen LogP contribution in [0.15, 0.2) is 48.5 Å². The predicted octanol–water partition coefficient (Wildman–Crippen LogP) is 4.89. The molecule has 2 atom stereocenters. The molecular formula is C22H29FN2OS. The molecule has 0 aromatic heterocycles. The number of nitrogen functional groups attached to an aromatic ring is 1. The van der Waals surface area contributed by atoms with Gasteiger partial charge in [-0.2, -0.15) is 0 Å². The van der Waals surface area contributed by atoms with Crippen LogP contribution in [0.3, 0.4) is 0 Å². The molecule has 0 amide bonds. The third-order valence-electron chi connectivity index (χ3n) is 5.20. The molecule has 0 saturated heterocycles. The van der Waals surface area contributed by atoms with Crippen molar-refractivity contribution >= 4 is 17.0 Å². The molecule has 3 rings (SSSR count). The Labute approximate surface area is 164 Å². The summed E-state index contributed by atoms with van der Waals surface area (Å²) >= 11 is -1.30. The second kappa shape index (κ2) is 7.82. The third-order valence-corrected chi connectivity index (χ3v) is 6.85. The fraction of sp³-hybridized carbons (Fsp3) is 0.455. The minimum Gasteiger partial charge on any atom is -0.598 e. The van der Waals surface area contributed by atoms with E-state index in [2.05, 4.69) is 4.72 Å². The van der Waals surface area contributed by atoms with E-state index in [-0.39, 0.29) is 5.69 Å². The Balaban J connectivity index is 2.11. The molecule has 1 unspecified atom stereocenters. The molecule has 1 aliphatic rings. The molecule has 1 fully saturated rings. The summed E-state index contributed by atoms with van der Waals surface area (Å²) < 4.78 is 30.0. The van der Waals surface area contributed by atoms with Crippen molar-refractivity contribution in [3.63, 3.8) is 0 Å². The van der Waals surface area contributed by atoms with Gasteiger partial charge < -0.3 is 10.3 Å². The summed E-state index contributed by atoms with van der Waals surface area (Å²) in [6.07, 6.45) is 4.31. The van der Waals surface area contributed by atoms with Crippen molar-refractivity contribution in [2.45, 2.75) is 56.7 Å². The first kappa shape index (κ1) is 20.2. The fourth-order valence-electron chi connectivity index (χ4n) is 3.29. The molecule has 0 radical (unpaired) electrons. The second-order valence-corrected chi connectivity index (χ2v) is 10.4. The molecular weight excluding hydrogens is 359 g/mol. The molecule has 0 spiro atoms. The Morgan fingerprint density at radius 1 is 1.11 bits per heavy atom. The lowest BCUT2D eigenvalue weighted by Gasteiger charge is -2.39. The van der Waals surface area contributed by atoms with Gasteiger partial charge in [0.05, 0.1) is 5.69 Å². The SMILES string of the molecule is CC(C)(C)[S+]([O-])N[C@@](CCC1CC1)(c1ccccc1)c1ccc(F)c(N)c1. The van der Waals surface area contributed by atoms with Crippen LogP contribution in [-0.4, -0.2) is 9.30 Å². The third kappa shape index (κ3) is 4.65. The van der Waals surface area contributed by atoms with Gasteiger partial charge in [0.15, 0.2) is 0 Å². The molecule has 0 aliphatic heterocycles. The van der Waals surface area contributed by atoms with Crippen LogP contribution in [-0.2, 0) is 16.9 Å². The maximum atomic E-state index is 13.9. The normalized spacial score (nSPS) is 18.1. The van der Waals surface area contributed by atoms with Crippen molar-refractivity contribution in [3.8, 4) is 0 Å². The number of rotatable bonds is 7. The molecule has 2 aromatic rings. The zero-order chi connectivity index (χ0) is 19.7. The molecule has 1 aliphatic carbocycles. The number of nitrogens with one attached hydrogen (secondary N) is 1. The number of halogens is 1. The van der Waals surface area contributed by atoms with Gasteiger partial charge in [-0.3, -0.25) is 0 Å². The van der Waals surface area contributed by atoms with Gasteiger partial charge in [0.1, 0.15) is 16.1 Å². The molecule has 0 heterocycles. The molecule has 27 heavy (non-hydrogen) atoms. The predicted molar refractivity (Wildman–Crippen MR) is 111 cm³/mol. The molecule has 0 bridgehead atoms. The van der Waals surface area contributed by atoms with Gasteiger partial charge in [0.25, 0.3) is 0 Å². The molecule has 5 heteroatoms. The number of hydrogen-bond acceptors (Lipinski definition) is 3. The first-order valence-corrected chi connectivity index (χ1v) is 10.7. The van der Waals surface area contributed by atoms with E-state index in [1.54, 1.807) is 12.1 Å². The standard InChI is InChI=1S/C22H29FN2OS/c1-21(2,3)27(26)25-22(14-13-16-9-10-16,17-7-5-4-6-8-17)18-11-12-19(23)20(24)15-18/h4-8,11-12,15-16,25H,9-10,13-14,24H2,1-3H3/t22-,27?/m0/s1. The molecule has 146 valence electrons. The highest BCUT2D eigenvalue weighted by Crippen LogP contribution is 2.42. The number of anilines is 1. The topological polar surface area (TPSA) is 61.1 Å². The monoisotopic (exact) mass is 388 g/mol. The zero-order valence-corrected chi connectivity index (χ0v) is 17.1. The van der Waals surface area contributed by atoms with Crippen LogP contribution >= 0.6 is 0 Å². The minimum absolute atomic E-state index is 0.113. The van der Waals surface area contributed by atoms with Gasteiger partial charge in [-0.25, -0.2) is 4.39 Å². The van der Waals surface area contributed by atoms with Crippen molar-refractivity contribution < 1.29 is 8.94 Å². The quantitative estimate of drug-likeness (QED) is 0.524. The van der Waals surface area contributed by atoms with Crippen molar-refractivity contribution in [2.24, 2.45) is 5.92 Å². The minimum atomic E-state index is -1.30. The first-order chi connectivity index (χ1) is 12.7. The summed E-state index contributed by atoms with van der Waals surface area (Å²) in [5.41, 5.74) is 7.21. The van der Waals surface area contributed by atoms with E-state index >= 15 is 0 Å². The van der Waals surface area contributed by atoms with Crippen molar-refractivity contribution in [1.29, 1.82) is 0 Å². The van der Waals surface area contributed by atoms with Gasteiger partial charge in [0, 0.05) is 11.4 Å². The van der Waals surface area contributed by atoms with E-state index in [1.807, 2.05) is 51.1 Å². The first-order valence-electron chi connectivity index (χ1n) is 9.53. The molecule has 1 saturated carbocycles. The van der Waals surface area contributed by atoms with Crippen LogP contribution < -0.4 is 10.5 Å². The Hall–Kier alpha value is -1.56. The van der Waals surface area contributed by atoms with Crippen molar-refractivity contribution in [1.82, 2.24) is 4.72 Å². The summed E-state index contributed by atoms with van der Waals surface area (Å²) in [4.78, 5) is 0. The van der Waals surface area contributed by atoms with E-state index in [0.717, 1.165) is 29.9 Å². The maximum absolute atomic E-state index is 13.9. The summed E-state index contributed by atoms with van der Waals surface area (Å²) in [6.45, 7) is 5.85. The van der Waals surface area contributed by atoms with Crippen LogP contribution in [0.2, 0.25) is 0 Å². The van der Waals surface area contributed by atoms with Crippen molar-refractivity contribution in [3.05, 3.63) is 65.5 Å². The van der Waals surface area contributed by atoms with Gasteiger partial charge >= 0.3 is 0 Å². The van der Waals surface area contributed by atoms with Gasteiger partial charge in [0.2, 0.25) is 0 Å². The molecule has 3 N–H and O–H groups in total. The maximum Gasteiger partial charge on any atom is 0.146 e. The Kier molecular flexibility index (Phi) is 5.84.